The summed E-state index contributed by atoms with van der Waals surface area (Å²) in [5.74, 6) is 0.835. The average Bonchev–Trinajstić information content (AvgIpc) is 2.35. The highest BCUT2D eigenvalue weighted by Gasteiger charge is 2.13. The Bertz CT molecular complexity index is 431. The molecule has 0 aliphatic carbocycles. The summed E-state index contributed by atoms with van der Waals surface area (Å²) in [5.41, 5.74) is 1.30. The van der Waals surface area contributed by atoms with Crippen LogP contribution in [0.4, 0.5) is 0 Å². The van der Waals surface area contributed by atoms with Gasteiger partial charge < -0.3 is 0 Å². The Morgan fingerprint density at radius 3 is 2.82 bits per heavy atom. The molecule has 0 N–H and O–H groups in total. The monoisotopic (exact) mass is 313 g/mol. The minimum Gasteiger partial charge on any atom is -0.283 e. The lowest BCUT2D eigenvalue weighted by molar-refractivity contribution is 0.698. The van der Waals surface area contributed by atoms with E-state index in [1.54, 1.807) is 3.93 Å². The third-order valence-corrected chi connectivity index (χ3v) is 3.67. The number of rotatable bonds is 3. The topological polar surface area (TPSA) is 28.0 Å². The molecule has 90 valence electrons. The first kappa shape index (κ1) is 12.6. The van der Waals surface area contributed by atoms with E-state index >= 15 is 0 Å². The van der Waals surface area contributed by atoms with Crippen molar-refractivity contribution in [1.29, 1.82) is 0 Å². The summed E-state index contributed by atoms with van der Waals surface area (Å²) < 4.78 is 1.74. The first-order valence-corrected chi connectivity index (χ1v) is 6.59. The maximum atomic E-state index is 5.91. The number of halogens is 2. The fourth-order valence-electron chi connectivity index (χ4n) is 1.58. The first-order valence-electron chi connectivity index (χ1n) is 5.50. The van der Waals surface area contributed by atoms with Crippen LogP contribution in [0.3, 0.4) is 0 Å². The summed E-state index contributed by atoms with van der Waals surface area (Å²) in [4.78, 5) is 8.67. The van der Waals surface area contributed by atoms with E-state index in [-0.39, 0.29) is 0 Å². The van der Waals surface area contributed by atoms with Crippen LogP contribution < -0.4 is 0 Å². The Labute approximate surface area is 115 Å². The van der Waals surface area contributed by atoms with E-state index in [0.717, 1.165) is 31.8 Å². The van der Waals surface area contributed by atoms with Crippen LogP contribution in [0.25, 0.3) is 0 Å². The van der Waals surface area contributed by atoms with Gasteiger partial charge in [0, 0.05) is 19.5 Å². The van der Waals surface area contributed by atoms with Gasteiger partial charge in [-0.15, -0.1) is 0 Å². The Morgan fingerprint density at radius 1 is 1.35 bits per heavy atom. The van der Waals surface area contributed by atoms with Crippen molar-refractivity contribution < 1.29 is 0 Å². The van der Waals surface area contributed by atoms with Gasteiger partial charge in [0.15, 0.2) is 0 Å². The van der Waals surface area contributed by atoms with E-state index in [0.29, 0.717) is 5.29 Å². The number of nitrogens with zero attached hydrogens (tertiary/aromatic N) is 3. The molecule has 0 spiro atoms. The third kappa shape index (κ3) is 3.82. The molecular weight excluding hydrogens is 302 g/mol. The van der Waals surface area contributed by atoms with E-state index in [9.17, 15) is 0 Å². The average molecular weight is 315 g/mol. The molecule has 0 radical (unpaired) electrons. The van der Waals surface area contributed by atoms with Crippen molar-refractivity contribution >= 4 is 38.9 Å². The smallest absolute Gasteiger partial charge is 0.210 e. The van der Waals surface area contributed by atoms with Crippen molar-refractivity contribution in [3.63, 3.8) is 0 Å². The molecular formula is C12H13BrClN3. The Hall–Kier alpha value is -0.870. The van der Waals surface area contributed by atoms with E-state index in [4.69, 9.17) is 11.6 Å². The molecule has 1 aliphatic rings. The van der Waals surface area contributed by atoms with Crippen LogP contribution >= 0.6 is 27.7 Å². The molecule has 0 saturated heterocycles. The van der Waals surface area contributed by atoms with Crippen LogP contribution in [0, 0.1) is 0 Å². The second-order valence-corrected chi connectivity index (χ2v) is 4.94. The number of amidine groups is 2. The standard InChI is InChI=1S/C12H13BrClN3/c13-17-9-7-11(16-12(17)14)15-8-6-10-4-2-1-3-5-10/h1-5H,6-9H2. The van der Waals surface area contributed by atoms with Crippen molar-refractivity contribution in [2.24, 2.45) is 9.98 Å². The summed E-state index contributed by atoms with van der Waals surface area (Å²) in [6, 6.07) is 10.3. The van der Waals surface area contributed by atoms with Gasteiger partial charge in [0.1, 0.15) is 5.84 Å². The van der Waals surface area contributed by atoms with Gasteiger partial charge in [-0.25, -0.2) is 4.99 Å². The van der Waals surface area contributed by atoms with Gasteiger partial charge in [-0.2, -0.15) is 0 Å². The summed E-state index contributed by atoms with van der Waals surface area (Å²) in [6.07, 6.45) is 1.77. The molecule has 1 aliphatic heterocycles. The van der Waals surface area contributed by atoms with Gasteiger partial charge in [-0.05, 0) is 23.6 Å². The second-order valence-electron chi connectivity index (χ2n) is 3.75. The molecule has 0 bridgehead atoms. The quantitative estimate of drug-likeness (QED) is 0.622. The zero-order valence-corrected chi connectivity index (χ0v) is 11.7. The maximum absolute atomic E-state index is 5.91. The normalized spacial score (nSPS) is 18.4. The molecule has 1 heterocycles. The molecule has 0 atom stereocenters. The highest BCUT2D eigenvalue weighted by Crippen LogP contribution is 2.12. The van der Waals surface area contributed by atoms with E-state index in [2.05, 4.69) is 38.3 Å². The van der Waals surface area contributed by atoms with Gasteiger partial charge in [0.2, 0.25) is 5.29 Å². The number of hydrogen-bond donors (Lipinski definition) is 0. The lowest BCUT2D eigenvalue weighted by atomic mass is 10.1. The maximum Gasteiger partial charge on any atom is 0.210 e. The van der Waals surface area contributed by atoms with Gasteiger partial charge >= 0.3 is 0 Å². The Kier molecular flexibility index (Phi) is 4.57. The van der Waals surface area contributed by atoms with Crippen LogP contribution in [-0.2, 0) is 6.42 Å². The fraction of sp³-hybridized carbons (Fsp3) is 0.333. The van der Waals surface area contributed by atoms with Gasteiger partial charge in [0.05, 0.1) is 16.1 Å². The fourth-order valence-corrected chi connectivity index (χ4v) is 2.02. The summed E-state index contributed by atoms with van der Waals surface area (Å²) in [7, 11) is 0. The second kappa shape index (κ2) is 6.17. The predicted octanol–water partition coefficient (Wildman–Crippen LogP) is 3.24. The summed E-state index contributed by atoms with van der Waals surface area (Å²) in [6.45, 7) is 1.57. The van der Waals surface area contributed by atoms with Crippen LogP contribution in [0.5, 0.6) is 0 Å². The highest BCUT2D eigenvalue weighted by atomic mass is 79.9. The lowest BCUT2D eigenvalue weighted by Crippen LogP contribution is -2.25. The molecule has 0 amide bonds. The van der Waals surface area contributed by atoms with Crippen molar-refractivity contribution in [1.82, 2.24) is 3.93 Å². The van der Waals surface area contributed by atoms with E-state index in [1.807, 2.05) is 18.2 Å². The highest BCUT2D eigenvalue weighted by molar-refractivity contribution is 9.07. The predicted molar refractivity (Wildman–Crippen MR) is 76.0 cm³/mol. The minimum absolute atomic E-state index is 0.453. The van der Waals surface area contributed by atoms with Crippen LogP contribution in [0.1, 0.15) is 12.0 Å². The lowest BCUT2D eigenvalue weighted by Gasteiger charge is -2.18. The first-order chi connectivity index (χ1) is 8.25. The molecule has 5 heteroatoms. The Morgan fingerprint density at radius 2 is 2.12 bits per heavy atom. The molecule has 17 heavy (non-hydrogen) atoms. The molecule has 0 saturated carbocycles. The van der Waals surface area contributed by atoms with Crippen LogP contribution in [0.2, 0.25) is 0 Å². The number of benzene rings is 1. The largest absolute Gasteiger partial charge is 0.283 e. The molecule has 0 aromatic heterocycles. The zero-order valence-electron chi connectivity index (χ0n) is 9.31. The molecule has 0 fully saturated rings. The van der Waals surface area contributed by atoms with Gasteiger partial charge in [-0.1, -0.05) is 30.3 Å². The van der Waals surface area contributed by atoms with Crippen LogP contribution in [0.15, 0.2) is 40.3 Å². The zero-order chi connectivity index (χ0) is 12.1. The number of hydrogen-bond acceptors (Lipinski definition) is 2. The molecule has 1 aromatic rings. The van der Waals surface area contributed by atoms with Crippen LogP contribution in [-0.4, -0.2) is 28.1 Å². The Balaban J connectivity index is 1.90. The third-order valence-electron chi connectivity index (χ3n) is 2.49. The number of aliphatic imine (C=N–C) groups is 2. The SMILES string of the molecule is ClC1=NC(=NCCc2ccccc2)CCN1Br. The van der Waals surface area contributed by atoms with E-state index in [1.165, 1.54) is 5.56 Å². The van der Waals surface area contributed by atoms with Crippen molar-refractivity contribution in [3.05, 3.63) is 35.9 Å². The summed E-state index contributed by atoms with van der Waals surface area (Å²) >= 11 is 9.21. The molecule has 0 unspecified atom stereocenters. The van der Waals surface area contributed by atoms with E-state index < -0.39 is 0 Å². The minimum atomic E-state index is 0.453. The van der Waals surface area contributed by atoms with Gasteiger partial charge in [0.25, 0.3) is 0 Å². The van der Waals surface area contributed by atoms with Crippen molar-refractivity contribution in [2.75, 3.05) is 13.1 Å². The van der Waals surface area contributed by atoms with Gasteiger partial charge in [-0.3, -0.25) is 8.92 Å². The molecule has 1 aromatic carbocycles. The molecule has 2 rings (SSSR count). The molecule has 3 nitrogen and oxygen atoms in total. The summed E-state index contributed by atoms with van der Waals surface area (Å²) in [5, 5.41) is 0.453. The van der Waals surface area contributed by atoms with Crippen molar-refractivity contribution in [3.8, 4) is 0 Å². The van der Waals surface area contributed by atoms with Crippen molar-refractivity contribution in [2.45, 2.75) is 12.8 Å².